The average molecular weight is 489 g/mol. The number of hydrogen-bond donors (Lipinski definition) is 2. The van der Waals surface area contributed by atoms with Crippen molar-refractivity contribution in [1.29, 1.82) is 0 Å². The van der Waals surface area contributed by atoms with Gasteiger partial charge in [0.25, 0.3) is 5.91 Å². The molecule has 5 heterocycles. The van der Waals surface area contributed by atoms with E-state index in [0.717, 1.165) is 29.4 Å². The highest BCUT2D eigenvalue weighted by atomic mass is 16.5. The lowest BCUT2D eigenvalue weighted by atomic mass is 9.89. The second-order valence-corrected chi connectivity index (χ2v) is 9.46. The molecule has 3 unspecified atom stereocenters. The molecule has 2 aliphatic rings. The molecule has 1 aliphatic heterocycles. The number of nitrogens with one attached hydrogen (secondary N) is 2. The first-order valence-electron chi connectivity index (χ1n) is 12.1. The number of rotatable bonds is 6. The summed E-state index contributed by atoms with van der Waals surface area (Å²) >= 11 is 0. The van der Waals surface area contributed by atoms with E-state index in [1.165, 1.54) is 0 Å². The number of fused-ring (bicyclic) bond motifs is 2. The van der Waals surface area contributed by atoms with Gasteiger partial charge < -0.3 is 24.8 Å². The third-order valence-electron chi connectivity index (χ3n) is 7.38. The van der Waals surface area contributed by atoms with Crippen LogP contribution in [0, 0.1) is 0 Å². The van der Waals surface area contributed by atoms with Crippen LogP contribution >= 0.6 is 0 Å². The molecular weight excluding hydrogens is 460 g/mol. The van der Waals surface area contributed by atoms with Gasteiger partial charge in [-0.2, -0.15) is 9.61 Å². The van der Waals surface area contributed by atoms with Gasteiger partial charge >= 0.3 is 0 Å². The highest BCUT2D eigenvalue weighted by molar-refractivity contribution is 6.01. The monoisotopic (exact) mass is 488 g/mol. The Labute approximate surface area is 207 Å². The maximum atomic E-state index is 13.2. The third-order valence-corrected chi connectivity index (χ3v) is 7.38. The first-order valence-corrected chi connectivity index (χ1v) is 12.1. The van der Waals surface area contributed by atoms with Crippen molar-refractivity contribution in [1.82, 2.24) is 34.4 Å². The van der Waals surface area contributed by atoms with Gasteiger partial charge in [-0.3, -0.25) is 9.59 Å². The Morgan fingerprint density at radius 1 is 1.25 bits per heavy atom. The molecule has 0 aromatic carbocycles. The van der Waals surface area contributed by atoms with Crippen molar-refractivity contribution >= 4 is 34.3 Å². The lowest BCUT2D eigenvalue weighted by Gasteiger charge is -2.35. The molecule has 1 aliphatic carbocycles. The highest BCUT2D eigenvalue weighted by Gasteiger charge is 2.33. The molecule has 11 nitrogen and oxygen atoms in total. The van der Waals surface area contributed by atoms with Gasteiger partial charge in [-0.25, -0.2) is 9.97 Å². The van der Waals surface area contributed by atoms with Crippen molar-refractivity contribution in [3.05, 3.63) is 42.4 Å². The number of carbonyl (C=O) groups excluding carboxylic acids is 2. The predicted octanol–water partition coefficient (Wildman–Crippen LogP) is 2.10. The zero-order chi connectivity index (χ0) is 25.0. The number of hydrogen-bond acceptors (Lipinski definition) is 7. The van der Waals surface area contributed by atoms with E-state index in [4.69, 9.17) is 9.72 Å². The van der Waals surface area contributed by atoms with E-state index in [1.807, 2.05) is 38.5 Å². The van der Waals surface area contributed by atoms with Gasteiger partial charge in [-0.05, 0) is 25.0 Å². The predicted molar refractivity (Wildman–Crippen MR) is 134 cm³/mol. The zero-order valence-electron chi connectivity index (χ0n) is 20.4. The summed E-state index contributed by atoms with van der Waals surface area (Å²) in [6.07, 6.45) is 7.60. The maximum Gasteiger partial charge on any atom is 0.257 e. The Bertz CT molecular complexity index is 1490. The zero-order valence-corrected chi connectivity index (χ0v) is 20.4. The van der Waals surface area contributed by atoms with Crippen molar-refractivity contribution in [2.75, 3.05) is 33.1 Å². The number of pyridine rings is 1. The molecule has 0 radical (unpaired) electrons. The van der Waals surface area contributed by atoms with Crippen LogP contribution in [0.5, 0.6) is 0 Å². The Morgan fingerprint density at radius 3 is 2.81 bits per heavy atom. The second-order valence-electron chi connectivity index (χ2n) is 9.46. The molecule has 3 atom stereocenters. The van der Waals surface area contributed by atoms with E-state index in [-0.39, 0.29) is 30.0 Å². The number of anilines is 1. The van der Waals surface area contributed by atoms with Crippen LogP contribution in [-0.2, 0) is 9.53 Å². The molecule has 2 N–H and O–H groups in total. The van der Waals surface area contributed by atoms with Gasteiger partial charge in [0.1, 0.15) is 17.0 Å². The lowest BCUT2D eigenvalue weighted by Crippen LogP contribution is -2.51. The fourth-order valence-electron chi connectivity index (χ4n) is 5.19. The normalized spacial score (nSPS) is 21.8. The summed E-state index contributed by atoms with van der Waals surface area (Å²) < 4.78 is 9.13. The van der Waals surface area contributed by atoms with Crippen LogP contribution in [0.4, 0.5) is 5.82 Å². The number of amides is 2. The van der Waals surface area contributed by atoms with Gasteiger partial charge in [-0.15, -0.1) is 0 Å². The molecule has 2 fully saturated rings. The quantitative estimate of drug-likeness (QED) is 0.427. The summed E-state index contributed by atoms with van der Waals surface area (Å²) in [5.74, 6) is 0.599. The van der Waals surface area contributed by atoms with E-state index >= 15 is 0 Å². The molecule has 0 spiro atoms. The number of ether oxygens (including phenoxy) is 1. The third kappa shape index (κ3) is 3.49. The number of nitrogens with zero attached hydrogens (tertiary/aromatic N) is 6. The van der Waals surface area contributed by atoms with Gasteiger partial charge in [0.05, 0.1) is 30.1 Å². The largest absolute Gasteiger partial charge is 0.379 e. The molecule has 2 amide bonds. The molecule has 0 bridgehead atoms. The van der Waals surface area contributed by atoms with Crippen LogP contribution in [0.2, 0.25) is 0 Å². The molecule has 1 saturated carbocycles. The topological polar surface area (TPSA) is 119 Å². The Hall–Kier alpha value is -3.99. The Balaban J connectivity index is 1.44. The molecular formula is C25H28N8O3. The van der Waals surface area contributed by atoms with Crippen molar-refractivity contribution < 1.29 is 14.3 Å². The fourth-order valence-corrected chi connectivity index (χ4v) is 5.19. The molecule has 36 heavy (non-hydrogen) atoms. The Kier molecular flexibility index (Phi) is 5.36. The average Bonchev–Trinajstić information content (AvgIpc) is 3.56. The van der Waals surface area contributed by atoms with Crippen LogP contribution in [0.1, 0.15) is 35.7 Å². The number of aromatic nitrogens is 5. The highest BCUT2D eigenvalue weighted by Crippen LogP contribution is 2.35. The van der Waals surface area contributed by atoms with E-state index in [0.29, 0.717) is 35.7 Å². The number of likely N-dealkylation sites (N-methyl/N-ethyl adjacent to an activating group) is 1. The number of carbonyl (C=O) groups is 2. The van der Waals surface area contributed by atoms with Crippen LogP contribution < -0.4 is 10.6 Å². The molecule has 4 aromatic rings. The number of methoxy groups -OCH3 is 1. The SMILES string of the molecule is CNc1cc(-c2cn(C3CC(=O)N(C)C3)c3ncccc23)nc2c(C(=O)NC3CCC3OC)cnn12. The van der Waals surface area contributed by atoms with Crippen molar-refractivity contribution in [3.8, 4) is 11.3 Å². The standard InChI is InChI=1S/C25H28N8O3/c1-26-21-10-19(29-24-16(11-28-33(21)24)25(35)30-18-6-7-20(18)36-3)17-13-32(14-9-22(34)31(2)12-14)23-15(17)5-4-8-27-23/h4-5,8,10-11,13-14,18,20,26H,6-7,9,12H2,1-3H3,(H,30,35). The maximum absolute atomic E-state index is 13.2. The Morgan fingerprint density at radius 2 is 2.11 bits per heavy atom. The number of likely N-dealkylation sites (tertiary alicyclic amines) is 1. The minimum atomic E-state index is -0.222. The van der Waals surface area contributed by atoms with E-state index in [2.05, 4.69) is 25.3 Å². The van der Waals surface area contributed by atoms with Gasteiger partial charge in [-0.1, -0.05) is 0 Å². The summed E-state index contributed by atoms with van der Waals surface area (Å²) in [5, 5.41) is 11.6. The second kappa shape index (κ2) is 8.59. The van der Waals surface area contributed by atoms with E-state index in [9.17, 15) is 9.59 Å². The lowest BCUT2D eigenvalue weighted by molar-refractivity contribution is -0.126. The van der Waals surface area contributed by atoms with Crippen LogP contribution in [0.15, 0.2) is 36.8 Å². The first-order chi connectivity index (χ1) is 17.5. The summed E-state index contributed by atoms with van der Waals surface area (Å²) in [7, 11) is 5.29. The van der Waals surface area contributed by atoms with Crippen LogP contribution in [0.3, 0.4) is 0 Å². The van der Waals surface area contributed by atoms with Crippen molar-refractivity contribution in [2.24, 2.45) is 0 Å². The summed E-state index contributed by atoms with van der Waals surface area (Å²) in [6, 6.07) is 5.79. The molecule has 186 valence electrons. The van der Waals surface area contributed by atoms with Crippen LogP contribution in [-0.4, -0.2) is 80.8 Å². The van der Waals surface area contributed by atoms with Crippen molar-refractivity contribution in [2.45, 2.75) is 37.5 Å². The van der Waals surface area contributed by atoms with Gasteiger partial charge in [0, 0.05) is 63.6 Å². The van der Waals surface area contributed by atoms with Crippen LogP contribution in [0.25, 0.3) is 27.9 Å². The summed E-state index contributed by atoms with van der Waals surface area (Å²) in [6.45, 7) is 0.628. The summed E-state index contributed by atoms with van der Waals surface area (Å²) in [5.41, 5.74) is 3.23. The van der Waals surface area contributed by atoms with Gasteiger partial charge in [0.15, 0.2) is 5.65 Å². The summed E-state index contributed by atoms with van der Waals surface area (Å²) in [4.78, 5) is 36.6. The fraction of sp³-hybridized carbons (Fsp3) is 0.400. The minimum Gasteiger partial charge on any atom is -0.379 e. The van der Waals surface area contributed by atoms with E-state index < -0.39 is 0 Å². The van der Waals surface area contributed by atoms with Crippen molar-refractivity contribution in [3.63, 3.8) is 0 Å². The van der Waals surface area contributed by atoms with E-state index in [1.54, 1.807) is 28.9 Å². The molecule has 11 heteroatoms. The molecule has 4 aromatic heterocycles. The smallest absolute Gasteiger partial charge is 0.257 e. The molecule has 1 saturated heterocycles. The first kappa shape index (κ1) is 22.5. The van der Waals surface area contributed by atoms with Gasteiger partial charge in [0.2, 0.25) is 5.91 Å². The molecule has 6 rings (SSSR count). The minimum absolute atomic E-state index is 0.00587.